The first-order valence-electron chi connectivity index (χ1n) is 13.8. The number of benzene rings is 1. The highest BCUT2D eigenvalue weighted by Crippen LogP contribution is 2.27. The Morgan fingerprint density at radius 2 is 1.66 bits per heavy atom. The number of carbonyl (C=O) groups excluding carboxylic acids is 1. The first kappa shape index (κ1) is 28.3. The number of carbonyl (C=O) groups is 1. The van der Waals surface area contributed by atoms with Crippen molar-refractivity contribution in [3.05, 3.63) is 59.9 Å². The normalized spacial score (nSPS) is 18.3. The van der Waals surface area contributed by atoms with Crippen molar-refractivity contribution in [3.8, 4) is 0 Å². The molecule has 0 bridgehead atoms. The van der Waals surface area contributed by atoms with Crippen LogP contribution in [-0.4, -0.2) is 67.8 Å². The van der Waals surface area contributed by atoms with Crippen LogP contribution < -0.4 is 4.90 Å². The summed E-state index contributed by atoms with van der Waals surface area (Å²) in [5.41, 5.74) is 3.43. The van der Waals surface area contributed by atoms with Crippen LogP contribution in [0.1, 0.15) is 58.1 Å². The standard InChI is InChI=1S/C30H42N4O3S/c1-5-24-8-9-28(23-26(24)7-6-14-30(2,3)4)38(36,37)34-21-19-33(20-22-34)29(35)25-12-17-32(18-13-25)27-10-15-31-16-11-27/h6-11,15-16,23,25H,5,12-14,17-22H2,1-4H3/b7-6-. The second-order valence-electron chi connectivity index (χ2n) is 11.6. The summed E-state index contributed by atoms with van der Waals surface area (Å²) in [6, 6.07) is 9.47. The molecule has 1 aromatic carbocycles. The molecule has 38 heavy (non-hydrogen) atoms. The second kappa shape index (κ2) is 12.0. The highest BCUT2D eigenvalue weighted by atomic mass is 32.2. The van der Waals surface area contributed by atoms with Gasteiger partial charge in [0.15, 0.2) is 0 Å². The lowest BCUT2D eigenvalue weighted by molar-refractivity contribution is -0.137. The Labute approximate surface area is 228 Å². The van der Waals surface area contributed by atoms with E-state index in [2.05, 4.69) is 49.7 Å². The van der Waals surface area contributed by atoms with E-state index >= 15 is 0 Å². The lowest BCUT2D eigenvalue weighted by atomic mass is 9.91. The van der Waals surface area contributed by atoms with Crippen molar-refractivity contribution in [2.45, 2.75) is 58.3 Å². The van der Waals surface area contributed by atoms with Gasteiger partial charge in [0.2, 0.25) is 15.9 Å². The summed E-state index contributed by atoms with van der Waals surface area (Å²) in [5.74, 6) is 0.162. The smallest absolute Gasteiger partial charge is 0.243 e. The summed E-state index contributed by atoms with van der Waals surface area (Å²) >= 11 is 0. The number of pyridine rings is 1. The molecule has 0 spiro atoms. The number of nitrogens with zero attached hydrogens (tertiary/aromatic N) is 4. The zero-order valence-corrected chi connectivity index (χ0v) is 24.1. The van der Waals surface area contributed by atoms with E-state index in [9.17, 15) is 13.2 Å². The van der Waals surface area contributed by atoms with Crippen LogP contribution >= 0.6 is 0 Å². The maximum absolute atomic E-state index is 13.5. The molecule has 2 saturated heterocycles. The Morgan fingerprint density at radius 3 is 2.26 bits per heavy atom. The molecule has 3 heterocycles. The number of anilines is 1. The predicted octanol–water partition coefficient (Wildman–Crippen LogP) is 4.84. The number of aromatic nitrogens is 1. The third-order valence-electron chi connectivity index (χ3n) is 7.59. The summed E-state index contributed by atoms with van der Waals surface area (Å²) in [5, 5.41) is 0. The first-order chi connectivity index (χ1) is 18.1. The highest BCUT2D eigenvalue weighted by Gasteiger charge is 2.34. The van der Waals surface area contributed by atoms with Gasteiger partial charge in [0, 0.05) is 63.3 Å². The van der Waals surface area contributed by atoms with E-state index in [4.69, 9.17) is 0 Å². The van der Waals surface area contributed by atoms with Gasteiger partial charge in [0.05, 0.1) is 4.90 Å². The lowest BCUT2D eigenvalue weighted by Gasteiger charge is -2.38. The van der Waals surface area contributed by atoms with E-state index in [-0.39, 0.29) is 17.2 Å². The molecule has 206 valence electrons. The molecule has 2 aliphatic rings. The summed E-state index contributed by atoms with van der Waals surface area (Å²) in [6.45, 7) is 11.9. The molecule has 0 aliphatic carbocycles. The van der Waals surface area contributed by atoms with Crippen LogP contribution in [0.5, 0.6) is 0 Å². The average molecular weight is 539 g/mol. The molecule has 0 radical (unpaired) electrons. The summed E-state index contributed by atoms with van der Waals surface area (Å²) in [7, 11) is -3.63. The average Bonchev–Trinajstić information content (AvgIpc) is 2.92. The predicted molar refractivity (Wildman–Crippen MR) is 153 cm³/mol. The minimum atomic E-state index is -3.63. The van der Waals surface area contributed by atoms with E-state index < -0.39 is 10.0 Å². The molecule has 0 N–H and O–H groups in total. The Kier molecular flexibility index (Phi) is 8.93. The zero-order chi connectivity index (χ0) is 27.3. The van der Waals surface area contributed by atoms with E-state index in [1.807, 2.05) is 23.1 Å². The van der Waals surface area contributed by atoms with Crippen LogP contribution in [0.4, 0.5) is 5.69 Å². The van der Waals surface area contributed by atoms with Crippen LogP contribution in [0.2, 0.25) is 0 Å². The van der Waals surface area contributed by atoms with Gasteiger partial charge in [-0.25, -0.2) is 8.42 Å². The van der Waals surface area contributed by atoms with Crippen LogP contribution in [0, 0.1) is 11.3 Å². The Balaban J connectivity index is 1.35. The summed E-state index contributed by atoms with van der Waals surface area (Å²) in [6.07, 6.45) is 11.2. The summed E-state index contributed by atoms with van der Waals surface area (Å²) in [4.78, 5) is 21.8. The third kappa shape index (κ3) is 6.83. The number of piperidine rings is 1. The van der Waals surface area contributed by atoms with Crippen molar-refractivity contribution in [1.29, 1.82) is 0 Å². The largest absolute Gasteiger partial charge is 0.371 e. The fourth-order valence-corrected chi connectivity index (χ4v) is 6.70. The minimum absolute atomic E-state index is 0.000256. The molecule has 4 rings (SSSR count). The summed E-state index contributed by atoms with van der Waals surface area (Å²) < 4.78 is 28.6. The number of allylic oxidation sites excluding steroid dienone is 1. The number of rotatable bonds is 7. The van der Waals surface area contributed by atoms with Gasteiger partial charge in [-0.1, -0.05) is 45.9 Å². The van der Waals surface area contributed by atoms with Crippen molar-refractivity contribution in [2.24, 2.45) is 11.3 Å². The van der Waals surface area contributed by atoms with Crippen LogP contribution in [0.15, 0.2) is 53.7 Å². The Bertz CT molecular complexity index is 1220. The van der Waals surface area contributed by atoms with Crippen LogP contribution in [0.3, 0.4) is 0 Å². The molecule has 2 aliphatic heterocycles. The van der Waals surface area contributed by atoms with Crippen molar-refractivity contribution >= 4 is 27.7 Å². The molecule has 2 aromatic rings. The lowest BCUT2D eigenvalue weighted by Crippen LogP contribution is -2.52. The van der Waals surface area contributed by atoms with Gasteiger partial charge < -0.3 is 9.80 Å². The van der Waals surface area contributed by atoms with Gasteiger partial charge in [-0.15, -0.1) is 0 Å². The topological polar surface area (TPSA) is 73.8 Å². The van der Waals surface area contributed by atoms with Crippen molar-refractivity contribution < 1.29 is 13.2 Å². The van der Waals surface area contributed by atoms with E-state index in [0.29, 0.717) is 31.1 Å². The number of piperazine rings is 1. The molecule has 0 atom stereocenters. The highest BCUT2D eigenvalue weighted by molar-refractivity contribution is 7.89. The number of amides is 1. The number of sulfonamides is 1. The number of hydrogen-bond donors (Lipinski definition) is 0. The zero-order valence-electron chi connectivity index (χ0n) is 23.3. The van der Waals surface area contributed by atoms with Gasteiger partial charge in [-0.2, -0.15) is 4.31 Å². The number of hydrogen-bond acceptors (Lipinski definition) is 5. The van der Waals surface area contributed by atoms with Gasteiger partial charge in [0.25, 0.3) is 0 Å². The van der Waals surface area contributed by atoms with Gasteiger partial charge in [-0.3, -0.25) is 9.78 Å². The van der Waals surface area contributed by atoms with Crippen LogP contribution in [-0.2, 0) is 21.2 Å². The molecule has 0 unspecified atom stereocenters. The molecule has 1 aromatic heterocycles. The van der Waals surface area contributed by atoms with Crippen molar-refractivity contribution in [1.82, 2.24) is 14.2 Å². The minimum Gasteiger partial charge on any atom is -0.371 e. The molecular formula is C30H42N4O3S. The maximum Gasteiger partial charge on any atom is 0.243 e. The Morgan fingerprint density at radius 1 is 1.00 bits per heavy atom. The second-order valence-corrected chi connectivity index (χ2v) is 13.5. The van der Waals surface area contributed by atoms with Gasteiger partial charge >= 0.3 is 0 Å². The number of aryl methyl sites for hydroxylation is 1. The van der Waals surface area contributed by atoms with E-state index in [1.165, 1.54) is 4.31 Å². The molecule has 2 fully saturated rings. The van der Waals surface area contributed by atoms with Gasteiger partial charge in [-0.05, 0) is 66.5 Å². The third-order valence-corrected chi connectivity index (χ3v) is 9.48. The SMILES string of the molecule is CCc1ccc(S(=O)(=O)N2CCN(C(=O)C3CCN(c4ccncc4)CC3)CC2)cc1/C=C\CC(C)(C)C. The molecule has 0 saturated carbocycles. The van der Waals surface area contributed by atoms with Crippen molar-refractivity contribution in [3.63, 3.8) is 0 Å². The maximum atomic E-state index is 13.5. The molecule has 7 nitrogen and oxygen atoms in total. The first-order valence-corrected chi connectivity index (χ1v) is 15.3. The molecule has 8 heteroatoms. The molecule has 1 amide bonds. The van der Waals surface area contributed by atoms with E-state index in [0.717, 1.165) is 55.6 Å². The monoisotopic (exact) mass is 538 g/mol. The van der Waals surface area contributed by atoms with Gasteiger partial charge in [0.1, 0.15) is 0 Å². The fraction of sp³-hybridized carbons (Fsp3) is 0.533. The van der Waals surface area contributed by atoms with E-state index in [1.54, 1.807) is 24.5 Å². The fourth-order valence-electron chi connectivity index (χ4n) is 5.25. The quantitative estimate of drug-likeness (QED) is 0.504. The Hall–Kier alpha value is -2.71. The molecular weight excluding hydrogens is 496 g/mol. The van der Waals surface area contributed by atoms with Crippen LogP contribution in [0.25, 0.3) is 6.08 Å². The van der Waals surface area contributed by atoms with Crippen molar-refractivity contribution in [2.75, 3.05) is 44.2 Å².